The van der Waals surface area contributed by atoms with Crippen molar-refractivity contribution < 1.29 is 24.2 Å². The van der Waals surface area contributed by atoms with Crippen LogP contribution in [0.25, 0.3) is 0 Å². The predicted octanol–water partition coefficient (Wildman–Crippen LogP) is 4.80. The minimum atomic E-state index is -0.274. The van der Waals surface area contributed by atoms with Crippen LogP contribution in [0.15, 0.2) is 45.6 Å². The molecule has 1 aliphatic rings. The minimum absolute atomic E-state index is 0.00809. The number of benzene rings is 1. The molecule has 0 aliphatic carbocycles. The summed E-state index contributed by atoms with van der Waals surface area (Å²) in [4.78, 5) is 24.6. The van der Waals surface area contributed by atoms with Crippen LogP contribution in [0, 0.1) is 0 Å². The van der Waals surface area contributed by atoms with Crippen molar-refractivity contribution in [3.63, 3.8) is 0 Å². The van der Waals surface area contributed by atoms with Gasteiger partial charge in [-0.3, -0.25) is 9.59 Å². The quantitative estimate of drug-likeness (QED) is 0.513. The summed E-state index contributed by atoms with van der Waals surface area (Å²) in [6, 6.07) is 7.61. The molecular weight excluding hydrogens is 384 g/mol. The molecule has 1 aromatic carbocycles. The van der Waals surface area contributed by atoms with Crippen molar-refractivity contribution >= 4 is 35.1 Å². The molecule has 1 aliphatic heterocycles. The molecule has 0 amide bonds. The number of carbonyl (C=O) groups excluding carboxylic acids is 2. The number of carbonyl (C=O) groups is 2. The average Bonchev–Trinajstić information content (AvgIpc) is 2.61. The van der Waals surface area contributed by atoms with Crippen molar-refractivity contribution in [2.24, 2.45) is 0 Å². The largest absolute Gasteiger partial charge is 0.511 e. The molecule has 0 unspecified atom stereocenters. The fourth-order valence-electron chi connectivity index (χ4n) is 2.77. The molecule has 1 N–H and O–H groups in total. The Morgan fingerprint density at radius 1 is 1.22 bits per heavy atom. The van der Waals surface area contributed by atoms with Gasteiger partial charge in [0.05, 0.1) is 22.2 Å². The molecule has 1 heterocycles. The van der Waals surface area contributed by atoms with E-state index in [0.717, 1.165) is 11.3 Å². The lowest BCUT2D eigenvalue weighted by Crippen LogP contribution is -2.26. The van der Waals surface area contributed by atoms with E-state index in [1.165, 1.54) is 44.3 Å². The van der Waals surface area contributed by atoms with Crippen molar-refractivity contribution in [1.82, 2.24) is 0 Å². The highest BCUT2D eigenvalue weighted by atomic mass is 32.2. The van der Waals surface area contributed by atoms with Crippen LogP contribution in [0.5, 0.6) is 5.75 Å². The zero-order chi connectivity index (χ0) is 20.1. The molecule has 146 valence electrons. The molecule has 1 aromatic rings. The molecule has 0 aromatic heterocycles. The van der Waals surface area contributed by atoms with E-state index in [-0.39, 0.29) is 28.7 Å². The summed E-state index contributed by atoms with van der Waals surface area (Å²) in [5.41, 5.74) is 0.963. The molecule has 0 saturated heterocycles. The highest BCUT2D eigenvalue weighted by molar-refractivity contribution is 8.08. The number of aliphatic hydroxyl groups excluding tert-OH is 1. The summed E-state index contributed by atoms with van der Waals surface area (Å²) in [7, 11) is 1.61. The second kappa shape index (κ2) is 9.37. The summed E-state index contributed by atoms with van der Waals surface area (Å²) in [5, 5.41) is 9.66. The standard InChI is InChI=1S/C20H24O5S2/c1-11(21)19(12(2)22)26-10-17-18(15-6-8-16(24-5)9-7-15)25-14(4)20(27-17)13(3)23/h6-9,17-18,21H,10H2,1-5H3/b19-11+/t17-,18-/m0/s1. The molecule has 0 spiro atoms. The van der Waals surface area contributed by atoms with Gasteiger partial charge in [0.1, 0.15) is 23.4 Å². The summed E-state index contributed by atoms with van der Waals surface area (Å²) < 4.78 is 11.3. The lowest BCUT2D eigenvalue weighted by atomic mass is 10.1. The predicted molar refractivity (Wildman–Crippen MR) is 110 cm³/mol. The molecule has 0 radical (unpaired) electrons. The van der Waals surface area contributed by atoms with E-state index in [0.29, 0.717) is 21.3 Å². The SMILES string of the molecule is COc1ccc([C@@H]2OC(C)=C(C(C)=O)S[C@H]2CS/C(C(C)=O)=C(\C)O)cc1. The van der Waals surface area contributed by atoms with Crippen molar-refractivity contribution in [2.75, 3.05) is 12.9 Å². The lowest BCUT2D eigenvalue weighted by Gasteiger charge is -2.33. The van der Waals surface area contributed by atoms with Crippen LogP contribution < -0.4 is 4.74 Å². The van der Waals surface area contributed by atoms with Crippen LogP contribution in [0.2, 0.25) is 0 Å². The second-order valence-electron chi connectivity index (χ2n) is 6.19. The molecule has 2 atom stereocenters. The maximum absolute atomic E-state index is 12.0. The Kier molecular flexibility index (Phi) is 7.44. The van der Waals surface area contributed by atoms with Crippen LogP contribution in [0.1, 0.15) is 39.4 Å². The summed E-state index contributed by atoms with van der Waals surface area (Å²) >= 11 is 2.75. The van der Waals surface area contributed by atoms with E-state index in [2.05, 4.69) is 0 Å². The van der Waals surface area contributed by atoms with E-state index in [1.54, 1.807) is 14.0 Å². The zero-order valence-electron chi connectivity index (χ0n) is 16.1. The van der Waals surface area contributed by atoms with Crippen molar-refractivity contribution in [3.8, 4) is 5.75 Å². The average molecular weight is 409 g/mol. The van der Waals surface area contributed by atoms with E-state index in [4.69, 9.17) is 9.47 Å². The molecular formula is C20H24O5S2. The highest BCUT2D eigenvalue weighted by Gasteiger charge is 2.34. The first-order valence-corrected chi connectivity index (χ1v) is 10.3. The molecule has 0 fully saturated rings. The molecule has 27 heavy (non-hydrogen) atoms. The Balaban J connectivity index is 2.31. The number of ketones is 2. The Labute approximate surface area is 168 Å². The molecule has 0 saturated carbocycles. The van der Waals surface area contributed by atoms with Crippen LogP contribution in [0.4, 0.5) is 0 Å². The first-order chi connectivity index (χ1) is 12.7. The van der Waals surface area contributed by atoms with Crippen LogP contribution >= 0.6 is 23.5 Å². The number of hydrogen-bond acceptors (Lipinski definition) is 7. The summed E-state index contributed by atoms with van der Waals surface area (Å²) in [5.74, 6) is 1.66. The van der Waals surface area contributed by atoms with Gasteiger partial charge >= 0.3 is 0 Å². The Hall–Kier alpha value is -1.86. The monoisotopic (exact) mass is 408 g/mol. The molecule has 5 nitrogen and oxygen atoms in total. The lowest BCUT2D eigenvalue weighted by molar-refractivity contribution is -0.114. The van der Waals surface area contributed by atoms with Crippen molar-refractivity contribution in [1.29, 1.82) is 0 Å². The Morgan fingerprint density at radius 3 is 2.33 bits per heavy atom. The van der Waals surface area contributed by atoms with Gasteiger partial charge < -0.3 is 14.6 Å². The van der Waals surface area contributed by atoms with Gasteiger partial charge in [-0.15, -0.1) is 23.5 Å². The van der Waals surface area contributed by atoms with Crippen LogP contribution in [-0.2, 0) is 14.3 Å². The van der Waals surface area contributed by atoms with Crippen LogP contribution in [-0.4, -0.2) is 34.8 Å². The highest BCUT2D eigenvalue weighted by Crippen LogP contribution is 2.44. The van der Waals surface area contributed by atoms with E-state index >= 15 is 0 Å². The van der Waals surface area contributed by atoms with Gasteiger partial charge in [0.15, 0.2) is 11.6 Å². The van der Waals surface area contributed by atoms with E-state index < -0.39 is 0 Å². The smallest absolute Gasteiger partial charge is 0.169 e. The third-order valence-electron chi connectivity index (χ3n) is 4.03. The van der Waals surface area contributed by atoms with Gasteiger partial charge in [0.2, 0.25) is 0 Å². The van der Waals surface area contributed by atoms with Gasteiger partial charge in [-0.2, -0.15) is 0 Å². The minimum Gasteiger partial charge on any atom is -0.511 e. The van der Waals surface area contributed by atoms with Gasteiger partial charge in [-0.1, -0.05) is 12.1 Å². The summed E-state index contributed by atoms with van der Waals surface area (Å²) in [6.45, 7) is 6.24. The first-order valence-electron chi connectivity index (χ1n) is 8.47. The number of hydrogen-bond donors (Lipinski definition) is 1. The summed E-state index contributed by atoms with van der Waals surface area (Å²) in [6.07, 6.45) is -0.274. The number of methoxy groups -OCH3 is 1. The van der Waals surface area contributed by atoms with Gasteiger partial charge in [0.25, 0.3) is 0 Å². The molecule has 0 bridgehead atoms. The fraction of sp³-hybridized carbons (Fsp3) is 0.400. The molecule has 7 heteroatoms. The van der Waals surface area contributed by atoms with Crippen molar-refractivity contribution in [2.45, 2.75) is 39.0 Å². The number of rotatable bonds is 7. The van der Waals surface area contributed by atoms with Gasteiger partial charge in [-0.05, 0) is 45.4 Å². The number of allylic oxidation sites excluding steroid dienone is 4. The third-order valence-corrected chi connectivity index (χ3v) is 7.17. The third kappa shape index (κ3) is 5.32. The van der Waals surface area contributed by atoms with E-state index in [9.17, 15) is 14.7 Å². The second-order valence-corrected chi connectivity index (χ2v) is 8.47. The fourth-order valence-corrected chi connectivity index (χ4v) is 5.18. The Morgan fingerprint density at radius 2 is 1.85 bits per heavy atom. The number of ether oxygens (including phenoxy) is 2. The zero-order valence-corrected chi connectivity index (χ0v) is 17.7. The normalized spacial score (nSPS) is 20.6. The number of Topliss-reactive ketones (excluding diaryl/α,β-unsaturated/α-hetero) is 2. The Bertz CT molecular complexity index is 776. The maximum atomic E-state index is 12.0. The van der Waals surface area contributed by atoms with E-state index in [1.807, 2.05) is 24.3 Å². The van der Waals surface area contributed by atoms with Crippen molar-refractivity contribution in [3.05, 3.63) is 51.2 Å². The van der Waals surface area contributed by atoms with Gasteiger partial charge in [0, 0.05) is 5.75 Å². The first kappa shape index (κ1) is 21.4. The number of thioether (sulfide) groups is 2. The molecule has 2 rings (SSSR count). The maximum Gasteiger partial charge on any atom is 0.169 e. The van der Waals surface area contributed by atoms with Crippen LogP contribution in [0.3, 0.4) is 0 Å². The van der Waals surface area contributed by atoms with Gasteiger partial charge in [-0.25, -0.2) is 0 Å². The topological polar surface area (TPSA) is 72.8 Å². The number of aliphatic hydroxyl groups is 1.